The van der Waals surface area contributed by atoms with Crippen molar-refractivity contribution in [1.82, 2.24) is 20.3 Å². The second kappa shape index (κ2) is 14.9. The molecule has 2 fully saturated rings. The average Bonchev–Trinajstić information content (AvgIpc) is 3.60. The van der Waals surface area contributed by atoms with Crippen molar-refractivity contribution in [1.29, 1.82) is 0 Å². The standard InChI is InChI=1S/C33H43N11O4/c34-22-11-23(35)15-43(14-22)32-40-31(41-33(42-32)44-16-24(36)12-25(37)17-44)38-26-8-6-21(7-9-26)28(45)13-30(46)39-27(29-18-47-19-48-29)10-20-4-2-1-3-5-20/h1-9,18,22-25,27H,10-17,19,34-37H2,(H,39,46)(H,38,40,41,42). The van der Waals surface area contributed by atoms with Crippen LogP contribution in [0.3, 0.4) is 0 Å². The van der Waals surface area contributed by atoms with Gasteiger partial charge in [0.15, 0.2) is 11.5 Å². The Hall–Kier alpha value is -4.83. The van der Waals surface area contributed by atoms with Crippen LogP contribution in [0.15, 0.2) is 66.6 Å². The van der Waals surface area contributed by atoms with E-state index in [1.807, 2.05) is 40.1 Å². The van der Waals surface area contributed by atoms with E-state index in [0.717, 1.165) is 18.4 Å². The summed E-state index contributed by atoms with van der Waals surface area (Å²) in [7, 11) is 0. The zero-order valence-electron chi connectivity index (χ0n) is 26.7. The number of nitrogens with one attached hydrogen (secondary N) is 2. The SMILES string of the molecule is NC1CC(N)CN(c2nc(Nc3ccc(C(=O)CC(=O)NC(Cc4ccccc4)C4=COCO4)cc3)nc(N3CC(N)CC(N)C3)n2)C1. The first-order valence-electron chi connectivity index (χ1n) is 16.1. The lowest BCUT2D eigenvalue weighted by Gasteiger charge is -2.37. The Morgan fingerprint density at radius 3 is 1.94 bits per heavy atom. The van der Waals surface area contributed by atoms with Crippen LogP contribution in [-0.2, 0) is 20.7 Å². The zero-order chi connectivity index (χ0) is 33.6. The van der Waals surface area contributed by atoms with Gasteiger partial charge in [-0.25, -0.2) is 0 Å². The topological polar surface area (TPSA) is 226 Å². The number of carbonyl (C=O) groups excluding carboxylic acids is 2. The van der Waals surface area contributed by atoms with Crippen LogP contribution in [0.2, 0.25) is 0 Å². The summed E-state index contributed by atoms with van der Waals surface area (Å²) in [5.74, 6) is 0.987. The highest BCUT2D eigenvalue weighted by atomic mass is 16.7. The molecule has 3 aromatic rings. The molecule has 0 aliphatic carbocycles. The smallest absolute Gasteiger partial charge is 0.233 e. The van der Waals surface area contributed by atoms with Crippen LogP contribution in [0.25, 0.3) is 0 Å². The first-order chi connectivity index (χ1) is 23.2. The van der Waals surface area contributed by atoms with Crippen LogP contribution in [0.4, 0.5) is 23.5 Å². The first kappa shape index (κ1) is 33.1. The number of ketones is 1. The molecule has 1 aromatic heterocycles. The number of benzene rings is 2. The molecular formula is C33H43N11O4. The van der Waals surface area contributed by atoms with E-state index < -0.39 is 11.9 Å². The molecule has 0 spiro atoms. The average molecular weight is 658 g/mol. The number of aromatic nitrogens is 3. The van der Waals surface area contributed by atoms with E-state index in [1.54, 1.807) is 24.3 Å². The number of ether oxygens (including phenoxy) is 2. The van der Waals surface area contributed by atoms with E-state index in [1.165, 1.54) is 6.26 Å². The van der Waals surface area contributed by atoms with Gasteiger partial charge in [0.25, 0.3) is 0 Å². The summed E-state index contributed by atoms with van der Waals surface area (Å²) in [5, 5.41) is 6.15. The number of carbonyl (C=O) groups is 2. The van der Waals surface area contributed by atoms with Gasteiger partial charge >= 0.3 is 0 Å². The fourth-order valence-corrected chi connectivity index (χ4v) is 6.25. The fraction of sp³-hybridized carbons (Fsp3) is 0.424. The number of hydrogen-bond acceptors (Lipinski definition) is 14. The zero-order valence-corrected chi connectivity index (χ0v) is 26.7. The summed E-state index contributed by atoms with van der Waals surface area (Å²) in [6.07, 6.45) is 3.10. The maximum atomic E-state index is 13.1. The molecule has 4 heterocycles. The highest BCUT2D eigenvalue weighted by Crippen LogP contribution is 2.24. The van der Waals surface area contributed by atoms with Gasteiger partial charge in [-0.3, -0.25) is 9.59 Å². The predicted octanol–water partition coefficient (Wildman–Crippen LogP) is 0.491. The van der Waals surface area contributed by atoms with E-state index in [0.29, 0.717) is 67.5 Å². The molecule has 2 aromatic carbocycles. The molecule has 0 radical (unpaired) electrons. The lowest BCUT2D eigenvalue weighted by Crippen LogP contribution is -2.54. The van der Waals surface area contributed by atoms with Crippen LogP contribution in [0.1, 0.15) is 35.2 Å². The minimum Gasteiger partial charge on any atom is -0.462 e. The molecule has 3 aliphatic rings. The minimum absolute atomic E-state index is 0.0874. The van der Waals surface area contributed by atoms with Crippen molar-refractivity contribution < 1.29 is 19.1 Å². The molecule has 5 unspecified atom stereocenters. The fourth-order valence-electron chi connectivity index (χ4n) is 6.25. The van der Waals surface area contributed by atoms with Crippen molar-refractivity contribution in [2.24, 2.45) is 22.9 Å². The molecule has 3 aliphatic heterocycles. The maximum absolute atomic E-state index is 13.1. The number of Topliss-reactive ketones (excluding diaryl/α,β-unsaturated/α-hetero) is 1. The van der Waals surface area contributed by atoms with Gasteiger partial charge in [0, 0.05) is 68.0 Å². The third-order valence-corrected chi connectivity index (χ3v) is 8.45. The van der Waals surface area contributed by atoms with Crippen LogP contribution in [-0.4, -0.2) is 89.8 Å². The second-order valence-electron chi connectivity index (χ2n) is 12.6. The third kappa shape index (κ3) is 8.55. The molecule has 0 bridgehead atoms. The Labute approximate surface area is 279 Å². The summed E-state index contributed by atoms with van der Waals surface area (Å²) >= 11 is 0. The van der Waals surface area contributed by atoms with Crippen LogP contribution < -0.4 is 43.4 Å². The third-order valence-electron chi connectivity index (χ3n) is 8.45. The van der Waals surface area contributed by atoms with E-state index in [4.69, 9.17) is 37.4 Å². The van der Waals surface area contributed by atoms with Gasteiger partial charge in [-0.15, -0.1) is 0 Å². The van der Waals surface area contributed by atoms with Gasteiger partial charge in [0.1, 0.15) is 6.26 Å². The highest BCUT2D eigenvalue weighted by Gasteiger charge is 2.29. The van der Waals surface area contributed by atoms with E-state index in [2.05, 4.69) is 20.6 Å². The first-order valence-corrected chi connectivity index (χ1v) is 16.1. The van der Waals surface area contributed by atoms with Gasteiger partial charge in [-0.2, -0.15) is 15.0 Å². The maximum Gasteiger partial charge on any atom is 0.233 e. The molecular weight excluding hydrogens is 614 g/mol. The predicted molar refractivity (Wildman–Crippen MR) is 181 cm³/mol. The normalized spacial score (nSPS) is 23.0. The second-order valence-corrected chi connectivity index (χ2v) is 12.6. The molecule has 254 valence electrons. The summed E-state index contributed by atoms with van der Waals surface area (Å²) in [5.41, 5.74) is 27.1. The molecule has 15 heteroatoms. The van der Waals surface area contributed by atoms with Crippen LogP contribution in [0, 0.1) is 0 Å². The number of anilines is 4. The number of amides is 1. The van der Waals surface area contributed by atoms with Crippen molar-refractivity contribution in [3.8, 4) is 0 Å². The van der Waals surface area contributed by atoms with Crippen molar-refractivity contribution in [2.45, 2.75) is 55.9 Å². The number of nitrogens with zero attached hydrogens (tertiary/aromatic N) is 5. The number of rotatable bonds is 11. The minimum atomic E-state index is -0.468. The lowest BCUT2D eigenvalue weighted by molar-refractivity contribution is -0.121. The Kier molecular flexibility index (Phi) is 10.3. The van der Waals surface area contributed by atoms with Gasteiger partial charge in [-0.05, 0) is 42.7 Å². The summed E-state index contributed by atoms with van der Waals surface area (Å²) < 4.78 is 10.7. The Morgan fingerprint density at radius 1 is 0.812 bits per heavy atom. The molecule has 2 saturated heterocycles. The molecule has 6 rings (SSSR count). The van der Waals surface area contributed by atoms with Crippen molar-refractivity contribution in [2.75, 3.05) is 48.1 Å². The van der Waals surface area contributed by atoms with Gasteiger partial charge in [0.2, 0.25) is 30.5 Å². The van der Waals surface area contributed by atoms with Gasteiger partial charge < -0.3 is 52.8 Å². The highest BCUT2D eigenvalue weighted by molar-refractivity contribution is 6.07. The van der Waals surface area contributed by atoms with Crippen LogP contribution in [0.5, 0.6) is 0 Å². The number of hydrogen-bond donors (Lipinski definition) is 6. The van der Waals surface area contributed by atoms with Crippen molar-refractivity contribution >= 4 is 35.2 Å². The largest absolute Gasteiger partial charge is 0.462 e. The van der Waals surface area contributed by atoms with E-state index in [-0.39, 0.29) is 43.2 Å². The number of piperidine rings is 2. The Bertz CT molecular complexity index is 1540. The molecule has 1 amide bonds. The molecule has 10 N–H and O–H groups in total. The lowest BCUT2D eigenvalue weighted by atomic mass is 10.0. The van der Waals surface area contributed by atoms with Gasteiger partial charge in [-0.1, -0.05) is 30.3 Å². The molecule has 48 heavy (non-hydrogen) atoms. The quantitative estimate of drug-likeness (QED) is 0.122. The molecule has 15 nitrogen and oxygen atoms in total. The summed E-state index contributed by atoms with van der Waals surface area (Å²) in [4.78, 5) is 44.1. The molecule has 5 atom stereocenters. The molecule has 0 saturated carbocycles. The Balaban J connectivity index is 1.13. The summed E-state index contributed by atoms with van der Waals surface area (Å²) in [6, 6.07) is 15.6. The Morgan fingerprint density at radius 2 is 1.40 bits per heavy atom. The summed E-state index contributed by atoms with van der Waals surface area (Å²) in [6.45, 7) is 2.33. The van der Waals surface area contributed by atoms with Crippen molar-refractivity contribution in [3.05, 3.63) is 77.7 Å². The van der Waals surface area contributed by atoms with E-state index >= 15 is 0 Å². The van der Waals surface area contributed by atoms with E-state index in [9.17, 15) is 9.59 Å². The van der Waals surface area contributed by atoms with Crippen LogP contribution >= 0.6 is 0 Å². The monoisotopic (exact) mass is 657 g/mol. The van der Waals surface area contributed by atoms with Crippen molar-refractivity contribution in [3.63, 3.8) is 0 Å². The number of nitrogens with two attached hydrogens (primary N) is 4. The van der Waals surface area contributed by atoms with Gasteiger partial charge in [0.05, 0.1) is 12.5 Å².